The van der Waals surface area contributed by atoms with Gasteiger partial charge in [-0.2, -0.15) is 0 Å². The van der Waals surface area contributed by atoms with Gasteiger partial charge < -0.3 is 20.1 Å². The number of amides is 1. The van der Waals surface area contributed by atoms with Gasteiger partial charge in [-0.15, -0.1) is 0 Å². The molecule has 0 bridgehead atoms. The molecule has 1 aliphatic heterocycles. The third-order valence-corrected chi connectivity index (χ3v) is 3.61. The molecule has 1 saturated heterocycles. The Morgan fingerprint density at radius 3 is 2.78 bits per heavy atom. The minimum Gasteiger partial charge on any atom is -0.395 e. The molecule has 5 heteroatoms. The number of carbonyl (C=O) groups excluding carboxylic acids is 1. The molecule has 2 heterocycles. The molecular weight excluding hydrogens is 232 g/mol. The van der Waals surface area contributed by atoms with Crippen molar-refractivity contribution in [1.29, 1.82) is 0 Å². The van der Waals surface area contributed by atoms with Crippen molar-refractivity contribution < 1.29 is 14.6 Å². The van der Waals surface area contributed by atoms with Crippen LogP contribution in [0.2, 0.25) is 0 Å². The van der Waals surface area contributed by atoms with Gasteiger partial charge in [0.25, 0.3) is 0 Å². The summed E-state index contributed by atoms with van der Waals surface area (Å²) in [5.41, 5.74) is 0.274. The quantitative estimate of drug-likeness (QED) is 0.711. The fourth-order valence-electron chi connectivity index (χ4n) is 1.98. The lowest BCUT2D eigenvalue weighted by Crippen LogP contribution is -2.57. The van der Waals surface area contributed by atoms with Crippen molar-refractivity contribution in [2.75, 3.05) is 26.4 Å². The van der Waals surface area contributed by atoms with Crippen molar-refractivity contribution in [2.24, 2.45) is 5.41 Å². The van der Waals surface area contributed by atoms with Gasteiger partial charge in [-0.25, -0.2) is 0 Å². The van der Waals surface area contributed by atoms with E-state index in [1.807, 2.05) is 18.5 Å². The highest BCUT2D eigenvalue weighted by molar-refractivity contribution is 5.84. The van der Waals surface area contributed by atoms with Crippen LogP contribution in [-0.4, -0.2) is 42.4 Å². The fourth-order valence-corrected chi connectivity index (χ4v) is 1.98. The standard InChI is InChI=1S/C13H20N2O3/c1-12(2,10-3-4-14-5-10)6-15-11(17)13(7-16)8-18-9-13/h3-5,14,16H,6-9H2,1-2H3,(H,15,17). The van der Waals surface area contributed by atoms with E-state index >= 15 is 0 Å². The van der Waals surface area contributed by atoms with Gasteiger partial charge >= 0.3 is 0 Å². The zero-order valence-electron chi connectivity index (χ0n) is 10.8. The summed E-state index contributed by atoms with van der Waals surface area (Å²) < 4.78 is 5.03. The normalized spacial score (nSPS) is 18.2. The molecule has 0 atom stereocenters. The fraction of sp³-hybridized carbons (Fsp3) is 0.615. The number of aliphatic hydroxyl groups is 1. The van der Waals surface area contributed by atoms with Crippen LogP contribution in [0.1, 0.15) is 19.4 Å². The number of aromatic amines is 1. The number of aromatic nitrogens is 1. The number of ether oxygens (including phenoxy) is 1. The van der Waals surface area contributed by atoms with Crippen molar-refractivity contribution >= 4 is 5.91 Å². The zero-order chi connectivity index (χ0) is 13.2. The van der Waals surface area contributed by atoms with Gasteiger partial charge in [0.1, 0.15) is 5.41 Å². The van der Waals surface area contributed by atoms with Gasteiger partial charge in [-0.3, -0.25) is 4.79 Å². The number of nitrogens with one attached hydrogen (secondary N) is 2. The van der Waals surface area contributed by atoms with Crippen LogP contribution in [0.25, 0.3) is 0 Å². The van der Waals surface area contributed by atoms with Crippen molar-refractivity contribution in [2.45, 2.75) is 19.3 Å². The van der Waals surface area contributed by atoms with E-state index in [2.05, 4.69) is 24.1 Å². The maximum atomic E-state index is 12.0. The Kier molecular flexibility index (Phi) is 3.45. The second kappa shape index (κ2) is 4.74. The molecule has 0 unspecified atom stereocenters. The van der Waals surface area contributed by atoms with Gasteiger partial charge in [0.05, 0.1) is 19.8 Å². The first kappa shape index (κ1) is 13.1. The Balaban J connectivity index is 1.93. The third kappa shape index (κ3) is 2.28. The first-order valence-corrected chi connectivity index (χ1v) is 6.10. The van der Waals surface area contributed by atoms with Gasteiger partial charge in [0, 0.05) is 24.4 Å². The van der Waals surface area contributed by atoms with E-state index in [4.69, 9.17) is 4.74 Å². The molecule has 0 radical (unpaired) electrons. The molecule has 1 fully saturated rings. The number of hydrogen-bond donors (Lipinski definition) is 3. The van der Waals surface area contributed by atoms with Crippen LogP contribution in [0.15, 0.2) is 18.5 Å². The van der Waals surface area contributed by atoms with Gasteiger partial charge in [0.15, 0.2) is 0 Å². The van der Waals surface area contributed by atoms with E-state index in [0.717, 1.165) is 5.56 Å². The highest BCUT2D eigenvalue weighted by Gasteiger charge is 2.45. The summed E-state index contributed by atoms with van der Waals surface area (Å²) in [6.45, 7) is 5.12. The Labute approximate surface area is 107 Å². The van der Waals surface area contributed by atoms with Crippen LogP contribution in [-0.2, 0) is 14.9 Å². The topological polar surface area (TPSA) is 74.3 Å². The first-order chi connectivity index (χ1) is 8.50. The van der Waals surface area contributed by atoms with E-state index in [-0.39, 0.29) is 17.9 Å². The summed E-state index contributed by atoms with van der Waals surface area (Å²) in [5.74, 6) is -0.125. The number of rotatable bonds is 5. The Morgan fingerprint density at radius 2 is 2.33 bits per heavy atom. The van der Waals surface area contributed by atoms with Crippen molar-refractivity contribution in [3.8, 4) is 0 Å². The summed E-state index contributed by atoms with van der Waals surface area (Å²) in [4.78, 5) is 15.1. The minimum absolute atomic E-state index is 0.125. The molecule has 0 aliphatic carbocycles. The van der Waals surface area contributed by atoms with E-state index in [0.29, 0.717) is 19.8 Å². The molecule has 0 saturated carbocycles. The van der Waals surface area contributed by atoms with Crippen LogP contribution in [0.5, 0.6) is 0 Å². The summed E-state index contributed by atoms with van der Waals surface area (Å²) >= 11 is 0. The molecule has 3 N–H and O–H groups in total. The lowest BCUT2D eigenvalue weighted by atomic mass is 9.83. The number of hydrogen-bond acceptors (Lipinski definition) is 3. The number of carbonyl (C=O) groups is 1. The minimum atomic E-state index is -0.728. The summed E-state index contributed by atoms with van der Waals surface area (Å²) in [6, 6.07) is 2.00. The van der Waals surface area contributed by atoms with E-state index < -0.39 is 5.41 Å². The smallest absolute Gasteiger partial charge is 0.233 e. The monoisotopic (exact) mass is 252 g/mol. The van der Waals surface area contributed by atoms with Crippen LogP contribution in [0.4, 0.5) is 0 Å². The highest BCUT2D eigenvalue weighted by Crippen LogP contribution is 2.28. The van der Waals surface area contributed by atoms with E-state index in [9.17, 15) is 9.90 Å². The molecule has 1 aromatic rings. The predicted molar refractivity (Wildman–Crippen MR) is 67.2 cm³/mol. The second-order valence-electron chi connectivity index (χ2n) is 5.60. The van der Waals surface area contributed by atoms with E-state index in [1.165, 1.54) is 0 Å². The average molecular weight is 252 g/mol. The van der Waals surface area contributed by atoms with Crippen LogP contribution >= 0.6 is 0 Å². The number of H-pyrrole nitrogens is 1. The predicted octanol–water partition coefficient (Wildman–Crippen LogP) is 0.417. The molecule has 5 nitrogen and oxygen atoms in total. The lowest BCUT2D eigenvalue weighted by molar-refractivity contribution is -0.170. The molecule has 0 aromatic carbocycles. The maximum Gasteiger partial charge on any atom is 0.233 e. The van der Waals surface area contributed by atoms with Crippen LogP contribution < -0.4 is 5.32 Å². The largest absolute Gasteiger partial charge is 0.395 e. The molecule has 1 aromatic heterocycles. The summed E-state index contributed by atoms with van der Waals surface area (Å²) in [6.07, 6.45) is 3.80. The second-order valence-corrected chi connectivity index (χ2v) is 5.60. The van der Waals surface area contributed by atoms with Crippen molar-refractivity contribution in [3.05, 3.63) is 24.0 Å². The van der Waals surface area contributed by atoms with Crippen LogP contribution in [0, 0.1) is 5.41 Å². The Bertz CT molecular complexity index is 402. The molecule has 1 aliphatic rings. The SMILES string of the molecule is CC(C)(CNC(=O)C1(CO)COC1)c1cc[nH]c1. The molecule has 0 spiro atoms. The highest BCUT2D eigenvalue weighted by atomic mass is 16.5. The zero-order valence-corrected chi connectivity index (χ0v) is 10.8. The molecule has 1 amide bonds. The third-order valence-electron chi connectivity index (χ3n) is 3.61. The van der Waals surface area contributed by atoms with E-state index in [1.54, 1.807) is 0 Å². The van der Waals surface area contributed by atoms with Gasteiger partial charge in [-0.1, -0.05) is 13.8 Å². The number of aliphatic hydroxyl groups excluding tert-OH is 1. The Hall–Kier alpha value is -1.33. The maximum absolute atomic E-state index is 12.0. The van der Waals surface area contributed by atoms with Crippen LogP contribution in [0.3, 0.4) is 0 Å². The molecule has 2 rings (SSSR count). The van der Waals surface area contributed by atoms with Gasteiger partial charge in [-0.05, 0) is 11.6 Å². The molecular formula is C13H20N2O3. The summed E-state index contributed by atoms with van der Waals surface area (Å²) in [5, 5.41) is 12.2. The van der Waals surface area contributed by atoms with Crippen molar-refractivity contribution in [1.82, 2.24) is 10.3 Å². The van der Waals surface area contributed by atoms with Crippen molar-refractivity contribution in [3.63, 3.8) is 0 Å². The summed E-state index contributed by atoms with van der Waals surface area (Å²) in [7, 11) is 0. The van der Waals surface area contributed by atoms with Gasteiger partial charge in [0.2, 0.25) is 5.91 Å². The molecule has 18 heavy (non-hydrogen) atoms. The Morgan fingerprint density at radius 1 is 1.61 bits per heavy atom. The average Bonchev–Trinajstić information content (AvgIpc) is 2.80. The molecule has 100 valence electrons. The lowest BCUT2D eigenvalue weighted by Gasteiger charge is -2.39. The first-order valence-electron chi connectivity index (χ1n) is 6.10.